The molecular formula is C10H12N2O5. The SMILES string of the molecule is COc1cccc(N(C)CC(=O)O)c1[N+](=O)[O-]. The number of methoxy groups -OCH3 is 1. The highest BCUT2D eigenvalue weighted by atomic mass is 16.6. The van der Waals surface area contributed by atoms with E-state index in [0.29, 0.717) is 0 Å². The molecule has 1 aromatic rings. The fourth-order valence-corrected chi connectivity index (χ4v) is 1.46. The quantitative estimate of drug-likeness (QED) is 0.612. The third-order valence-electron chi connectivity index (χ3n) is 2.16. The van der Waals surface area contributed by atoms with Gasteiger partial charge in [-0.2, -0.15) is 0 Å². The highest BCUT2D eigenvalue weighted by Gasteiger charge is 2.23. The monoisotopic (exact) mass is 240 g/mol. The largest absolute Gasteiger partial charge is 0.490 e. The summed E-state index contributed by atoms with van der Waals surface area (Å²) in [6.07, 6.45) is 0. The molecule has 0 saturated heterocycles. The Bertz CT molecular complexity index is 446. The fraction of sp³-hybridized carbons (Fsp3) is 0.300. The zero-order chi connectivity index (χ0) is 13.0. The Balaban J connectivity index is 3.22. The van der Waals surface area contributed by atoms with Gasteiger partial charge in [0.1, 0.15) is 12.2 Å². The Labute approximate surface area is 97.4 Å². The van der Waals surface area contributed by atoms with E-state index in [0.717, 1.165) is 0 Å². The molecule has 0 atom stereocenters. The van der Waals surface area contributed by atoms with E-state index in [1.54, 1.807) is 6.07 Å². The number of carbonyl (C=O) groups is 1. The van der Waals surface area contributed by atoms with Crippen molar-refractivity contribution in [3.63, 3.8) is 0 Å². The molecule has 0 amide bonds. The summed E-state index contributed by atoms with van der Waals surface area (Å²) in [6, 6.07) is 4.50. The number of nitrogens with zero attached hydrogens (tertiary/aromatic N) is 2. The van der Waals surface area contributed by atoms with E-state index in [4.69, 9.17) is 9.84 Å². The number of likely N-dealkylation sites (N-methyl/N-ethyl adjacent to an activating group) is 1. The Morgan fingerprint density at radius 3 is 2.71 bits per heavy atom. The van der Waals surface area contributed by atoms with Crippen LogP contribution in [0.25, 0.3) is 0 Å². The molecule has 0 unspecified atom stereocenters. The maximum absolute atomic E-state index is 10.9. The zero-order valence-corrected chi connectivity index (χ0v) is 9.41. The molecule has 7 nitrogen and oxygen atoms in total. The summed E-state index contributed by atoms with van der Waals surface area (Å²) in [5.74, 6) is -0.964. The molecule has 0 saturated carbocycles. The summed E-state index contributed by atoms with van der Waals surface area (Å²) < 4.78 is 4.89. The number of carboxylic acid groups (broad SMARTS) is 1. The van der Waals surface area contributed by atoms with Crippen molar-refractivity contribution in [1.29, 1.82) is 0 Å². The number of hydrogen-bond donors (Lipinski definition) is 1. The number of hydrogen-bond acceptors (Lipinski definition) is 5. The van der Waals surface area contributed by atoms with Gasteiger partial charge in [-0.05, 0) is 12.1 Å². The molecule has 17 heavy (non-hydrogen) atoms. The summed E-state index contributed by atoms with van der Waals surface area (Å²) in [5.41, 5.74) is -0.0319. The van der Waals surface area contributed by atoms with Crippen LogP contribution in [0.1, 0.15) is 0 Å². The Kier molecular flexibility index (Phi) is 3.86. The van der Waals surface area contributed by atoms with Crippen LogP contribution in [0.3, 0.4) is 0 Å². The van der Waals surface area contributed by atoms with E-state index < -0.39 is 10.9 Å². The van der Waals surface area contributed by atoms with E-state index >= 15 is 0 Å². The lowest BCUT2D eigenvalue weighted by atomic mass is 10.2. The molecule has 1 N–H and O–H groups in total. The molecule has 92 valence electrons. The van der Waals surface area contributed by atoms with Gasteiger partial charge in [0.25, 0.3) is 0 Å². The van der Waals surface area contributed by atoms with Crippen molar-refractivity contribution in [2.45, 2.75) is 0 Å². The lowest BCUT2D eigenvalue weighted by molar-refractivity contribution is -0.385. The molecule has 0 aliphatic carbocycles. The number of para-hydroxylation sites is 1. The first kappa shape index (κ1) is 12.8. The van der Waals surface area contributed by atoms with Crippen LogP contribution in [0, 0.1) is 10.1 Å². The van der Waals surface area contributed by atoms with Crippen molar-refractivity contribution in [2.75, 3.05) is 25.6 Å². The van der Waals surface area contributed by atoms with E-state index in [9.17, 15) is 14.9 Å². The molecule has 1 rings (SSSR count). The van der Waals surface area contributed by atoms with Crippen molar-refractivity contribution < 1.29 is 19.6 Å². The van der Waals surface area contributed by atoms with Crippen LogP contribution >= 0.6 is 0 Å². The molecule has 0 aliphatic rings. The molecule has 0 bridgehead atoms. The summed E-state index contributed by atoms with van der Waals surface area (Å²) in [5, 5.41) is 19.6. The van der Waals surface area contributed by atoms with Gasteiger partial charge in [0, 0.05) is 7.05 Å². The molecule has 0 fully saturated rings. The number of nitro benzene ring substituents is 1. The molecule has 0 aromatic heterocycles. The second-order valence-electron chi connectivity index (χ2n) is 3.33. The summed E-state index contributed by atoms with van der Waals surface area (Å²) in [7, 11) is 2.79. The minimum atomic E-state index is -1.07. The van der Waals surface area contributed by atoms with Crippen LogP contribution in [0.2, 0.25) is 0 Å². The lowest BCUT2D eigenvalue weighted by Gasteiger charge is -2.17. The first-order valence-corrected chi connectivity index (χ1v) is 4.71. The van der Waals surface area contributed by atoms with Crippen molar-refractivity contribution in [1.82, 2.24) is 0 Å². The minimum Gasteiger partial charge on any atom is -0.490 e. The third kappa shape index (κ3) is 2.83. The highest BCUT2D eigenvalue weighted by molar-refractivity contribution is 5.77. The summed E-state index contributed by atoms with van der Waals surface area (Å²) in [4.78, 5) is 22.2. The fourth-order valence-electron chi connectivity index (χ4n) is 1.46. The van der Waals surface area contributed by atoms with E-state index in [-0.39, 0.29) is 23.7 Å². The van der Waals surface area contributed by atoms with Crippen molar-refractivity contribution >= 4 is 17.3 Å². The molecule has 0 radical (unpaired) electrons. The van der Waals surface area contributed by atoms with E-state index in [1.807, 2.05) is 0 Å². The van der Waals surface area contributed by atoms with Gasteiger partial charge in [-0.15, -0.1) is 0 Å². The van der Waals surface area contributed by atoms with Crippen LogP contribution in [0.5, 0.6) is 5.75 Å². The molecule has 7 heteroatoms. The van der Waals surface area contributed by atoms with Gasteiger partial charge in [-0.3, -0.25) is 14.9 Å². The van der Waals surface area contributed by atoms with E-state index in [2.05, 4.69) is 0 Å². The second kappa shape index (κ2) is 5.15. The van der Waals surface area contributed by atoms with Crippen molar-refractivity contribution in [3.8, 4) is 5.75 Å². The number of rotatable bonds is 5. The van der Waals surface area contributed by atoms with Crippen molar-refractivity contribution in [3.05, 3.63) is 28.3 Å². The normalized spacial score (nSPS) is 9.76. The molecule has 0 heterocycles. The lowest BCUT2D eigenvalue weighted by Crippen LogP contribution is -2.25. The van der Waals surface area contributed by atoms with Gasteiger partial charge in [-0.25, -0.2) is 0 Å². The van der Waals surface area contributed by atoms with Gasteiger partial charge in [-0.1, -0.05) is 6.07 Å². The van der Waals surface area contributed by atoms with E-state index in [1.165, 1.54) is 31.2 Å². The zero-order valence-electron chi connectivity index (χ0n) is 9.41. The summed E-state index contributed by atoms with van der Waals surface area (Å²) >= 11 is 0. The number of nitro groups is 1. The number of benzene rings is 1. The van der Waals surface area contributed by atoms with Crippen LogP contribution in [-0.4, -0.2) is 36.7 Å². The number of ether oxygens (including phenoxy) is 1. The van der Waals surface area contributed by atoms with Gasteiger partial charge >= 0.3 is 11.7 Å². The standard InChI is InChI=1S/C10H12N2O5/c1-11(6-9(13)14)7-4-3-5-8(17-2)10(7)12(15)16/h3-5H,6H2,1-2H3,(H,13,14). The molecule has 0 aliphatic heterocycles. The predicted octanol–water partition coefficient (Wildman–Crippen LogP) is 1.12. The Morgan fingerprint density at radius 2 is 2.24 bits per heavy atom. The van der Waals surface area contributed by atoms with Crippen LogP contribution < -0.4 is 9.64 Å². The van der Waals surface area contributed by atoms with Gasteiger partial charge in [0.05, 0.1) is 12.0 Å². The number of anilines is 1. The van der Waals surface area contributed by atoms with Crippen LogP contribution in [0.4, 0.5) is 11.4 Å². The average molecular weight is 240 g/mol. The van der Waals surface area contributed by atoms with Gasteiger partial charge in [0.15, 0.2) is 5.75 Å². The Hall–Kier alpha value is -2.31. The predicted molar refractivity (Wildman–Crippen MR) is 60.6 cm³/mol. The first-order valence-electron chi connectivity index (χ1n) is 4.71. The van der Waals surface area contributed by atoms with Crippen LogP contribution in [-0.2, 0) is 4.79 Å². The molecular weight excluding hydrogens is 228 g/mol. The smallest absolute Gasteiger partial charge is 0.333 e. The summed E-state index contributed by atoms with van der Waals surface area (Å²) in [6.45, 7) is -0.325. The number of carboxylic acids is 1. The molecule has 1 aromatic carbocycles. The first-order chi connectivity index (χ1) is 7.97. The average Bonchev–Trinajstić information content (AvgIpc) is 2.26. The van der Waals surface area contributed by atoms with Crippen LogP contribution in [0.15, 0.2) is 18.2 Å². The maximum Gasteiger partial charge on any atom is 0.333 e. The second-order valence-corrected chi connectivity index (χ2v) is 3.33. The minimum absolute atomic E-state index is 0.102. The Morgan fingerprint density at radius 1 is 1.59 bits per heavy atom. The topological polar surface area (TPSA) is 92.9 Å². The maximum atomic E-state index is 10.9. The molecule has 0 spiro atoms. The van der Waals surface area contributed by atoms with Gasteiger partial charge < -0.3 is 14.7 Å². The van der Waals surface area contributed by atoms with Gasteiger partial charge in [0.2, 0.25) is 0 Å². The van der Waals surface area contributed by atoms with Crippen molar-refractivity contribution in [2.24, 2.45) is 0 Å². The third-order valence-corrected chi connectivity index (χ3v) is 2.16. The highest BCUT2D eigenvalue weighted by Crippen LogP contribution is 2.36. The number of aliphatic carboxylic acids is 1.